The number of aromatic nitrogens is 1. The van der Waals surface area contributed by atoms with E-state index in [1.165, 1.54) is 16.2 Å². The monoisotopic (exact) mass is 318 g/mol. The van der Waals surface area contributed by atoms with Gasteiger partial charge in [0.2, 0.25) is 0 Å². The minimum atomic E-state index is -0.352. The van der Waals surface area contributed by atoms with Gasteiger partial charge in [-0.2, -0.15) is 5.26 Å². The van der Waals surface area contributed by atoms with Crippen LogP contribution in [0.3, 0.4) is 0 Å². The van der Waals surface area contributed by atoms with Gasteiger partial charge in [-0.05, 0) is 32.5 Å². The average Bonchev–Trinajstić information content (AvgIpc) is 3.10. The highest BCUT2D eigenvalue weighted by atomic mass is 32.1. The van der Waals surface area contributed by atoms with Crippen molar-refractivity contribution in [1.82, 2.24) is 9.88 Å². The van der Waals surface area contributed by atoms with Gasteiger partial charge in [-0.3, -0.25) is 4.99 Å². The molecule has 4 nitrogen and oxygen atoms in total. The van der Waals surface area contributed by atoms with Crippen LogP contribution in [0, 0.1) is 18.3 Å². The predicted molar refractivity (Wildman–Crippen MR) is 89.3 cm³/mol. The van der Waals surface area contributed by atoms with Crippen molar-refractivity contribution in [3.8, 4) is 6.07 Å². The van der Waals surface area contributed by atoms with E-state index in [-0.39, 0.29) is 12.0 Å². The van der Waals surface area contributed by atoms with Gasteiger partial charge in [0.25, 0.3) is 0 Å². The van der Waals surface area contributed by atoms with E-state index < -0.39 is 0 Å². The second-order valence-electron chi connectivity index (χ2n) is 4.94. The van der Waals surface area contributed by atoms with Gasteiger partial charge in [0.15, 0.2) is 0 Å². The Labute approximate surface area is 133 Å². The molecular formula is C15H18N4S2. The summed E-state index contributed by atoms with van der Waals surface area (Å²) < 4.78 is 0. The number of nitriles is 1. The molecule has 0 aliphatic carbocycles. The van der Waals surface area contributed by atoms with Crippen molar-refractivity contribution in [1.29, 1.82) is 5.26 Å². The van der Waals surface area contributed by atoms with Gasteiger partial charge in [-0.1, -0.05) is 6.07 Å². The summed E-state index contributed by atoms with van der Waals surface area (Å²) in [5.41, 5.74) is 0.952. The van der Waals surface area contributed by atoms with Gasteiger partial charge in [-0.25, -0.2) is 4.98 Å². The lowest BCUT2D eigenvalue weighted by molar-refractivity contribution is 0.311. The minimum absolute atomic E-state index is 0.249. The van der Waals surface area contributed by atoms with Crippen LogP contribution < -0.4 is 0 Å². The molecule has 0 unspecified atom stereocenters. The summed E-state index contributed by atoms with van der Waals surface area (Å²) in [4.78, 5) is 12.3. The van der Waals surface area contributed by atoms with Crippen LogP contribution in [-0.4, -0.2) is 36.7 Å². The molecule has 2 aromatic heterocycles. The van der Waals surface area contributed by atoms with Gasteiger partial charge in [0, 0.05) is 22.2 Å². The number of aryl methyl sites for hydroxylation is 1. The number of thiazole rings is 1. The molecule has 6 heteroatoms. The maximum absolute atomic E-state index is 9.26. The van der Waals surface area contributed by atoms with E-state index in [2.05, 4.69) is 38.5 Å². The van der Waals surface area contributed by atoms with Crippen molar-refractivity contribution in [3.05, 3.63) is 38.5 Å². The minimum Gasteiger partial charge on any atom is -0.300 e. The van der Waals surface area contributed by atoms with Gasteiger partial charge in [0.05, 0.1) is 18.7 Å². The SMILES string of the molecule is Cc1csc([C@H](C#N)C=NC[C@@H](c2cccs2)N(C)C)n1. The van der Waals surface area contributed by atoms with Crippen LogP contribution >= 0.6 is 22.7 Å². The maximum Gasteiger partial charge on any atom is 0.133 e. The molecule has 0 bridgehead atoms. The number of rotatable bonds is 6. The smallest absolute Gasteiger partial charge is 0.133 e. The Morgan fingerprint density at radius 3 is 2.81 bits per heavy atom. The van der Waals surface area contributed by atoms with E-state index in [9.17, 15) is 5.26 Å². The number of nitrogens with zero attached hydrogens (tertiary/aromatic N) is 4. The molecule has 0 saturated heterocycles. The van der Waals surface area contributed by atoms with Crippen molar-refractivity contribution in [2.75, 3.05) is 20.6 Å². The molecule has 110 valence electrons. The molecule has 2 heterocycles. The lowest BCUT2D eigenvalue weighted by atomic mass is 10.2. The molecule has 2 aromatic rings. The molecule has 0 radical (unpaired) electrons. The number of hydrogen-bond acceptors (Lipinski definition) is 6. The van der Waals surface area contributed by atoms with Crippen molar-refractivity contribution >= 4 is 28.9 Å². The van der Waals surface area contributed by atoms with Crippen LogP contribution in [0.25, 0.3) is 0 Å². The van der Waals surface area contributed by atoms with Crippen LogP contribution in [0.1, 0.15) is 27.5 Å². The molecule has 0 fully saturated rings. The van der Waals surface area contributed by atoms with Crippen molar-refractivity contribution in [2.24, 2.45) is 4.99 Å². The lowest BCUT2D eigenvalue weighted by Gasteiger charge is -2.21. The summed E-state index contributed by atoms with van der Waals surface area (Å²) >= 11 is 3.24. The maximum atomic E-state index is 9.26. The van der Waals surface area contributed by atoms with Gasteiger partial charge in [0.1, 0.15) is 10.9 Å². The fraction of sp³-hybridized carbons (Fsp3) is 0.400. The highest BCUT2D eigenvalue weighted by molar-refractivity contribution is 7.10. The highest BCUT2D eigenvalue weighted by Gasteiger charge is 2.15. The zero-order valence-electron chi connectivity index (χ0n) is 12.4. The van der Waals surface area contributed by atoms with Crippen LogP contribution in [0.2, 0.25) is 0 Å². The van der Waals surface area contributed by atoms with E-state index >= 15 is 0 Å². The Bertz CT molecular complexity index is 622. The molecule has 0 saturated carbocycles. The summed E-state index contributed by atoms with van der Waals surface area (Å²) in [5.74, 6) is -0.352. The molecule has 0 aromatic carbocycles. The third kappa shape index (κ3) is 4.21. The fourth-order valence-corrected chi connectivity index (χ4v) is 3.64. The lowest BCUT2D eigenvalue weighted by Crippen LogP contribution is -2.21. The second-order valence-corrected chi connectivity index (χ2v) is 6.81. The van der Waals surface area contributed by atoms with Crippen LogP contribution in [0.5, 0.6) is 0 Å². The first-order chi connectivity index (χ1) is 10.1. The van der Waals surface area contributed by atoms with Gasteiger partial charge in [-0.15, -0.1) is 22.7 Å². The standard InChI is InChI=1S/C15H18N4S2/c1-11-10-21-15(18-11)12(7-16)8-17-9-13(19(2)3)14-5-4-6-20-14/h4-6,8,10,12-13H,9H2,1-3H3/t12-,13+/m1/s1. The zero-order valence-corrected chi connectivity index (χ0v) is 14.0. The van der Waals surface area contributed by atoms with Crippen LogP contribution in [-0.2, 0) is 0 Å². The van der Waals surface area contributed by atoms with E-state index in [4.69, 9.17) is 0 Å². The number of aliphatic imine (C=N–C) groups is 1. The highest BCUT2D eigenvalue weighted by Crippen LogP contribution is 2.24. The first-order valence-electron chi connectivity index (χ1n) is 6.63. The van der Waals surface area contributed by atoms with E-state index in [0.717, 1.165) is 10.7 Å². The average molecular weight is 318 g/mol. The van der Waals surface area contributed by atoms with Gasteiger partial charge >= 0.3 is 0 Å². The number of likely N-dealkylation sites (N-methyl/N-ethyl adjacent to an activating group) is 1. The molecule has 0 aliphatic heterocycles. The normalized spacial score (nSPS) is 14.4. The van der Waals surface area contributed by atoms with E-state index in [1.807, 2.05) is 26.4 Å². The first-order valence-corrected chi connectivity index (χ1v) is 8.39. The second kappa shape index (κ2) is 7.46. The molecule has 21 heavy (non-hydrogen) atoms. The molecular weight excluding hydrogens is 300 g/mol. The Hall–Kier alpha value is -1.55. The summed E-state index contributed by atoms with van der Waals surface area (Å²) in [7, 11) is 4.09. The summed E-state index contributed by atoms with van der Waals surface area (Å²) in [5, 5.41) is 14.1. The van der Waals surface area contributed by atoms with Crippen LogP contribution in [0.15, 0.2) is 27.9 Å². The summed E-state index contributed by atoms with van der Waals surface area (Å²) in [6.07, 6.45) is 1.72. The fourth-order valence-electron chi connectivity index (χ4n) is 1.92. The molecule has 2 atom stereocenters. The largest absolute Gasteiger partial charge is 0.300 e. The van der Waals surface area contributed by atoms with Crippen molar-refractivity contribution < 1.29 is 0 Å². The predicted octanol–water partition coefficient (Wildman–Crippen LogP) is 3.49. The third-order valence-electron chi connectivity index (χ3n) is 3.07. The number of hydrogen-bond donors (Lipinski definition) is 0. The summed E-state index contributed by atoms with van der Waals surface area (Å²) in [6.45, 7) is 2.58. The third-order valence-corrected chi connectivity index (χ3v) is 5.09. The molecule has 2 rings (SSSR count). The zero-order chi connectivity index (χ0) is 15.2. The Balaban J connectivity index is 2.04. The quantitative estimate of drug-likeness (QED) is 0.766. The topological polar surface area (TPSA) is 52.3 Å². The van der Waals surface area contributed by atoms with E-state index in [1.54, 1.807) is 17.6 Å². The van der Waals surface area contributed by atoms with Crippen LogP contribution in [0.4, 0.5) is 0 Å². The van der Waals surface area contributed by atoms with E-state index in [0.29, 0.717) is 6.54 Å². The molecule has 0 spiro atoms. The van der Waals surface area contributed by atoms with Gasteiger partial charge < -0.3 is 4.90 Å². The molecule has 0 aliphatic rings. The van der Waals surface area contributed by atoms with Crippen molar-refractivity contribution in [2.45, 2.75) is 18.9 Å². The molecule has 0 N–H and O–H groups in total. The Kier molecular flexibility index (Phi) is 5.62. The Morgan fingerprint density at radius 1 is 1.48 bits per heavy atom. The summed E-state index contributed by atoms with van der Waals surface area (Å²) in [6, 6.07) is 6.68. The van der Waals surface area contributed by atoms with Crippen molar-refractivity contribution in [3.63, 3.8) is 0 Å². The Morgan fingerprint density at radius 2 is 2.29 bits per heavy atom. The first kappa shape index (κ1) is 15.8. The number of thiophene rings is 1. The molecule has 0 amide bonds.